The van der Waals surface area contributed by atoms with Crippen molar-refractivity contribution in [3.05, 3.63) is 83.0 Å². The maximum absolute atomic E-state index is 13.7. The van der Waals surface area contributed by atoms with E-state index in [2.05, 4.69) is 22.2 Å². The van der Waals surface area contributed by atoms with E-state index in [1.165, 1.54) is 12.0 Å². The lowest BCUT2D eigenvalue weighted by Crippen LogP contribution is -2.47. The molecule has 4 amide bonds. The minimum Gasteiger partial charge on any atom is -0.495 e. The van der Waals surface area contributed by atoms with Gasteiger partial charge in [0.15, 0.2) is 0 Å². The molecule has 1 aromatic heterocycles. The molecule has 1 aliphatic heterocycles. The smallest absolute Gasteiger partial charge is 0.265 e. The third-order valence-electron chi connectivity index (χ3n) is 8.80. The van der Waals surface area contributed by atoms with E-state index in [4.69, 9.17) is 15.2 Å². The SMILES string of the molecule is COc1cc(C(=O)N(C)c2ccc(C)cc2OCCCCCC(=O)N2CCN(C)CC2)ccc1NC(=O)c1cccc2[nH]c(C(N)=O)cc12. The summed E-state index contributed by atoms with van der Waals surface area (Å²) in [6, 6.07) is 17.1. The van der Waals surface area contributed by atoms with Crippen LogP contribution in [-0.2, 0) is 4.79 Å². The molecule has 4 N–H and O–H groups in total. The van der Waals surface area contributed by atoms with Crippen LogP contribution >= 0.6 is 0 Å². The lowest BCUT2D eigenvalue weighted by atomic mass is 10.1. The molecule has 3 aromatic carbocycles. The van der Waals surface area contributed by atoms with Crippen molar-refractivity contribution in [1.82, 2.24) is 14.8 Å². The maximum atomic E-state index is 13.7. The number of primary amides is 1. The van der Waals surface area contributed by atoms with E-state index in [-0.39, 0.29) is 17.5 Å². The number of carbonyl (C=O) groups is 4. The van der Waals surface area contributed by atoms with E-state index in [1.54, 1.807) is 49.5 Å². The zero-order valence-electron chi connectivity index (χ0n) is 28.5. The van der Waals surface area contributed by atoms with Crippen LogP contribution in [0.4, 0.5) is 11.4 Å². The topological polar surface area (TPSA) is 150 Å². The number of fused-ring (bicyclic) bond motifs is 1. The summed E-state index contributed by atoms with van der Waals surface area (Å²) in [4.78, 5) is 59.8. The summed E-state index contributed by atoms with van der Waals surface area (Å²) in [7, 11) is 5.22. The molecular formula is C37H44N6O6. The van der Waals surface area contributed by atoms with Gasteiger partial charge in [-0.15, -0.1) is 0 Å². The van der Waals surface area contributed by atoms with Gasteiger partial charge in [-0.2, -0.15) is 0 Å². The van der Waals surface area contributed by atoms with Crippen molar-refractivity contribution in [3.8, 4) is 11.5 Å². The number of nitrogens with zero attached hydrogens (tertiary/aromatic N) is 3. The highest BCUT2D eigenvalue weighted by Gasteiger charge is 2.22. The minimum atomic E-state index is -0.625. The quantitative estimate of drug-likeness (QED) is 0.173. The van der Waals surface area contributed by atoms with Crippen LogP contribution in [0.5, 0.6) is 11.5 Å². The number of rotatable bonds is 13. The maximum Gasteiger partial charge on any atom is 0.265 e. The Balaban J connectivity index is 1.20. The zero-order valence-corrected chi connectivity index (χ0v) is 28.5. The molecule has 4 aromatic rings. The first-order valence-corrected chi connectivity index (χ1v) is 16.4. The molecule has 0 bridgehead atoms. The Bertz CT molecular complexity index is 1840. The average Bonchev–Trinajstić information content (AvgIpc) is 3.55. The highest BCUT2D eigenvalue weighted by molar-refractivity contribution is 6.14. The van der Waals surface area contributed by atoms with Crippen molar-refractivity contribution in [1.29, 1.82) is 0 Å². The summed E-state index contributed by atoms with van der Waals surface area (Å²) in [5.74, 6) is -0.213. The van der Waals surface area contributed by atoms with E-state index in [0.29, 0.717) is 57.9 Å². The van der Waals surface area contributed by atoms with Gasteiger partial charge in [-0.3, -0.25) is 19.2 Å². The van der Waals surface area contributed by atoms with Crippen LogP contribution in [0.3, 0.4) is 0 Å². The third-order valence-corrected chi connectivity index (χ3v) is 8.80. The number of hydrogen-bond acceptors (Lipinski definition) is 7. The monoisotopic (exact) mass is 668 g/mol. The molecule has 0 atom stereocenters. The number of anilines is 2. The van der Waals surface area contributed by atoms with Gasteiger partial charge in [0.1, 0.15) is 17.2 Å². The average molecular weight is 669 g/mol. The lowest BCUT2D eigenvalue weighted by molar-refractivity contribution is -0.132. The van der Waals surface area contributed by atoms with E-state index in [9.17, 15) is 19.2 Å². The number of amides is 4. The number of H-pyrrole nitrogens is 1. The number of likely N-dealkylation sites (N-methyl/N-ethyl adjacent to an activating group) is 1. The molecule has 49 heavy (non-hydrogen) atoms. The molecule has 5 rings (SSSR count). The van der Waals surface area contributed by atoms with Gasteiger partial charge in [-0.25, -0.2) is 0 Å². The zero-order chi connectivity index (χ0) is 35.1. The molecule has 0 unspecified atom stereocenters. The standard InChI is InChI=1S/C37H44N6O6/c1-24-12-15-31(33(21-24)49-20-7-5-6-11-34(44)43-18-16-41(2)17-19-43)42(3)37(47)25-13-14-29(32(22-25)48-4)40-36(46)26-9-8-10-28-27(26)23-30(39-28)35(38)45/h8-10,12-15,21-23,39H,5-7,11,16-20H2,1-4H3,(H2,38,45)(H,40,46). The first kappa shape index (κ1) is 35.0. The van der Waals surface area contributed by atoms with Gasteiger partial charge in [0.2, 0.25) is 5.91 Å². The second kappa shape index (κ2) is 15.7. The van der Waals surface area contributed by atoms with E-state index in [0.717, 1.165) is 51.0 Å². The normalized spacial score (nSPS) is 13.3. The Kier molecular flexibility index (Phi) is 11.2. The largest absolute Gasteiger partial charge is 0.495 e. The number of nitrogens with two attached hydrogens (primary N) is 1. The van der Waals surface area contributed by atoms with E-state index < -0.39 is 11.8 Å². The van der Waals surface area contributed by atoms with E-state index >= 15 is 0 Å². The Morgan fingerprint density at radius 1 is 0.939 bits per heavy atom. The molecule has 2 heterocycles. The summed E-state index contributed by atoms with van der Waals surface area (Å²) in [5.41, 5.74) is 8.90. The summed E-state index contributed by atoms with van der Waals surface area (Å²) in [6.07, 6.45) is 3.01. The van der Waals surface area contributed by atoms with Gasteiger partial charge < -0.3 is 40.2 Å². The predicted molar refractivity (Wildman–Crippen MR) is 190 cm³/mol. The molecule has 1 fully saturated rings. The minimum absolute atomic E-state index is 0.201. The highest BCUT2D eigenvalue weighted by Crippen LogP contribution is 2.32. The Hall–Kier alpha value is -5.36. The van der Waals surface area contributed by atoms with Crippen molar-refractivity contribution in [3.63, 3.8) is 0 Å². The predicted octanol–water partition coefficient (Wildman–Crippen LogP) is 4.83. The molecular weight excluding hydrogens is 624 g/mol. The fraction of sp³-hybridized carbons (Fsp3) is 0.351. The number of unbranched alkanes of at least 4 members (excludes halogenated alkanes) is 2. The second-order valence-electron chi connectivity index (χ2n) is 12.4. The van der Waals surface area contributed by atoms with Crippen molar-refractivity contribution < 1.29 is 28.7 Å². The van der Waals surface area contributed by atoms with Crippen LogP contribution in [0.1, 0.15) is 62.5 Å². The van der Waals surface area contributed by atoms with Gasteiger partial charge in [-0.1, -0.05) is 12.1 Å². The van der Waals surface area contributed by atoms with Crippen molar-refractivity contribution in [2.45, 2.75) is 32.6 Å². The van der Waals surface area contributed by atoms with Gasteiger partial charge in [0.25, 0.3) is 17.7 Å². The number of methoxy groups -OCH3 is 1. The van der Waals surface area contributed by atoms with Crippen molar-refractivity contribution >= 4 is 45.9 Å². The van der Waals surface area contributed by atoms with E-state index in [1.807, 2.05) is 30.0 Å². The fourth-order valence-electron chi connectivity index (χ4n) is 5.87. The van der Waals surface area contributed by atoms with Gasteiger partial charge in [-0.05, 0) is 87.3 Å². The molecule has 0 aliphatic carbocycles. The Morgan fingerprint density at radius 2 is 1.71 bits per heavy atom. The number of piperazine rings is 1. The Morgan fingerprint density at radius 3 is 2.45 bits per heavy atom. The van der Waals surface area contributed by atoms with Gasteiger partial charge in [0.05, 0.1) is 25.1 Å². The number of aryl methyl sites for hydroxylation is 1. The summed E-state index contributed by atoms with van der Waals surface area (Å²) in [5, 5.41) is 3.40. The molecule has 1 saturated heterocycles. The summed E-state index contributed by atoms with van der Waals surface area (Å²) in [6.45, 7) is 5.85. The fourth-order valence-corrected chi connectivity index (χ4v) is 5.87. The van der Waals surface area contributed by atoms with Crippen molar-refractivity contribution in [2.24, 2.45) is 5.73 Å². The van der Waals surface area contributed by atoms with Crippen LogP contribution in [0.25, 0.3) is 10.9 Å². The van der Waals surface area contributed by atoms with Gasteiger partial charge >= 0.3 is 0 Å². The van der Waals surface area contributed by atoms with Crippen LogP contribution in [0.15, 0.2) is 60.7 Å². The molecule has 0 spiro atoms. The number of nitrogens with one attached hydrogen (secondary N) is 2. The molecule has 12 heteroatoms. The third kappa shape index (κ3) is 8.39. The lowest BCUT2D eigenvalue weighted by Gasteiger charge is -2.32. The van der Waals surface area contributed by atoms with Crippen LogP contribution in [0, 0.1) is 6.92 Å². The van der Waals surface area contributed by atoms with Crippen molar-refractivity contribution in [2.75, 3.05) is 64.2 Å². The number of carbonyl (C=O) groups excluding carboxylic acids is 4. The van der Waals surface area contributed by atoms with Crippen LogP contribution < -0.4 is 25.4 Å². The number of hydrogen-bond donors (Lipinski definition) is 3. The number of ether oxygens (including phenoxy) is 2. The molecule has 12 nitrogen and oxygen atoms in total. The molecule has 0 saturated carbocycles. The first-order valence-electron chi connectivity index (χ1n) is 16.4. The van der Waals surface area contributed by atoms with Crippen LogP contribution in [0.2, 0.25) is 0 Å². The summed E-state index contributed by atoms with van der Waals surface area (Å²) < 4.78 is 11.7. The molecule has 0 radical (unpaired) electrons. The van der Waals surface area contributed by atoms with Gasteiger partial charge in [0, 0.05) is 61.7 Å². The highest BCUT2D eigenvalue weighted by atomic mass is 16.5. The number of benzene rings is 3. The molecule has 258 valence electrons. The molecule has 1 aliphatic rings. The van der Waals surface area contributed by atoms with Crippen LogP contribution in [-0.4, -0.2) is 92.4 Å². The summed E-state index contributed by atoms with van der Waals surface area (Å²) >= 11 is 0. The Labute approximate surface area is 286 Å². The second-order valence-corrected chi connectivity index (χ2v) is 12.4. The first-order chi connectivity index (χ1) is 23.5. The number of aromatic amines is 1. The number of aromatic nitrogens is 1.